The fourth-order valence-electron chi connectivity index (χ4n) is 7.24. The van der Waals surface area contributed by atoms with Gasteiger partial charge in [0, 0.05) is 46.6 Å². The molecule has 15 heteroatoms. The first-order valence-corrected chi connectivity index (χ1v) is 21.1. The molecule has 5 aromatic rings. The SMILES string of the molecule is O=C(O)c1ccccc1-c1ccc(CN(C(=O)CCOCCOCCOCCNC(=S)Nc2ccc(-c3c4ccc(=O)cc-4oc4cc(O)ccc34)c(C(=O)O)c2)c2ccccc2)cc1. The zero-order chi connectivity index (χ0) is 45.7. The van der Waals surface area contributed by atoms with Gasteiger partial charge in [0.2, 0.25) is 5.91 Å². The highest BCUT2D eigenvalue weighted by Crippen LogP contribution is 2.42. The number of carbonyl (C=O) groups excluding carboxylic acids is 1. The first kappa shape index (κ1) is 45.6. The van der Waals surface area contributed by atoms with Gasteiger partial charge in [0.15, 0.2) is 10.5 Å². The maximum atomic E-state index is 13.4. The van der Waals surface area contributed by atoms with Crippen molar-refractivity contribution in [2.24, 2.45) is 0 Å². The Morgan fingerprint density at radius 1 is 0.662 bits per heavy atom. The Balaban J connectivity index is 0.807. The van der Waals surface area contributed by atoms with Crippen LogP contribution in [-0.4, -0.2) is 84.5 Å². The van der Waals surface area contributed by atoms with Crippen molar-refractivity contribution in [1.82, 2.24) is 5.32 Å². The number of aromatic carboxylic acids is 2. The summed E-state index contributed by atoms with van der Waals surface area (Å²) in [6.07, 6.45) is 0.162. The minimum absolute atomic E-state index is 0.0121. The number of fused-ring (bicyclic) bond motifs is 2. The van der Waals surface area contributed by atoms with Crippen LogP contribution in [0.25, 0.3) is 44.5 Å². The highest BCUT2D eigenvalue weighted by molar-refractivity contribution is 7.80. The average Bonchev–Trinajstić information content (AvgIpc) is 3.30. The van der Waals surface area contributed by atoms with Crippen molar-refractivity contribution in [2.45, 2.75) is 13.0 Å². The fraction of sp³-hybridized carbons (Fsp3) is 0.180. The summed E-state index contributed by atoms with van der Waals surface area (Å²) in [6.45, 7) is 2.51. The Bertz CT molecular complexity index is 2830. The zero-order valence-electron chi connectivity index (χ0n) is 35.0. The second kappa shape index (κ2) is 21.8. The maximum Gasteiger partial charge on any atom is 0.336 e. The van der Waals surface area contributed by atoms with E-state index in [0.717, 1.165) is 16.8 Å². The van der Waals surface area contributed by atoms with Gasteiger partial charge in [-0.05, 0) is 89.1 Å². The van der Waals surface area contributed by atoms with Gasteiger partial charge in [-0.3, -0.25) is 9.59 Å². The van der Waals surface area contributed by atoms with Gasteiger partial charge in [0.05, 0.1) is 63.7 Å². The molecule has 0 bridgehead atoms. The van der Waals surface area contributed by atoms with E-state index in [1.54, 1.807) is 53.4 Å². The molecule has 2 aliphatic rings. The summed E-state index contributed by atoms with van der Waals surface area (Å²) in [7, 11) is 0. The third kappa shape index (κ3) is 11.8. The number of para-hydroxylation sites is 1. The summed E-state index contributed by atoms with van der Waals surface area (Å²) < 4.78 is 22.9. The molecule has 332 valence electrons. The van der Waals surface area contributed by atoms with Crippen molar-refractivity contribution < 1.29 is 48.3 Å². The summed E-state index contributed by atoms with van der Waals surface area (Å²) in [6, 6.07) is 37.4. The smallest absolute Gasteiger partial charge is 0.336 e. The Kier molecular flexibility index (Phi) is 15.3. The van der Waals surface area contributed by atoms with E-state index in [0.29, 0.717) is 85.0 Å². The quantitative estimate of drug-likeness (QED) is 0.0278. The first-order chi connectivity index (χ1) is 31.5. The maximum absolute atomic E-state index is 13.4. The van der Waals surface area contributed by atoms with Crippen molar-refractivity contribution in [3.8, 4) is 39.3 Å². The van der Waals surface area contributed by atoms with Crippen molar-refractivity contribution in [3.05, 3.63) is 160 Å². The molecular formula is C50H45N3O11S. The van der Waals surface area contributed by atoms with Crippen molar-refractivity contribution in [2.75, 3.05) is 56.4 Å². The van der Waals surface area contributed by atoms with E-state index in [1.165, 1.54) is 30.3 Å². The lowest BCUT2D eigenvalue weighted by molar-refractivity contribution is -0.120. The lowest BCUT2D eigenvalue weighted by atomic mass is 9.90. The summed E-state index contributed by atoms with van der Waals surface area (Å²) >= 11 is 5.44. The van der Waals surface area contributed by atoms with E-state index < -0.39 is 11.9 Å². The molecule has 1 aliphatic carbocycles. The number of nitrogens with zero attached hydrogens (tertiary/aromatic N) is 1. The molecule has 1 aliphatic heterocycles. The minimum atomic E-state index is -1.17. The monoisotopic (exact) mass is 895 g/mol. The van der Waals surface area contributed by atoms with E-state index in [9.17, 15) is 34.5 Å². The van der Waals surface area contributed by atoms with Gasteiger partial charge in [-0.15, -0.1) is 0 Å². The van der Waals surface area contributed by atoms with Crippen LogP contribution < -0.4 is 21.0 Å². The van der Waals surface area contributed by atoms with Crippen LogP contribution >= 0.6 is 12.2 Å². The third-order valence-electron chi connectivity index (χ3n) is 10.3. The number of aromatic hydroxyl groups is 1. The number of nitrogens with one attached hydrogen (secondary N) is 2. The van der Waals surface area contributed by atoms with Gasteiger partial charge in [-0.25, -0.2) is 9.59 Å². The van der Waals surface area contributed by atoms with Crippen LogP contribution in [0.15, 0.2) is 143 Å². The molecule has 0 unspecified atom stereocenters. The fourth-order valence-corrected chi connectivity index (χ4v) is 7.46. The molecule has 65 heavy (non-hydrogen) atoms. The van der Waals surface area contributed by atoms with Crippen LogP contribution in [0.5, 0.6) is 5.75 Å². The molecule has 0 saturated heterocycles. The molecule has 0 spiro atoms. The molecule has 0 fully saturated rings. The van der Waals surface area contributed by atoms with Crippen LogP contribution in [0.3, 0.4) is 0 Å². The number of phenolic OH excluding ortho intramolecular Hbond substituents is 1. The normalized spacial score (nSPS) is 11.1. The number of benzene rings is 6. The zero-order valence-corrected chi connectivity index (χ0v) is 35.8. The molecule has 0 radical (unpaired) electrons. The molecular weight excluding hydrogens is 851 g/mol. The van der Waals surface area contributed by atoms with Crippen molar-refractivity contribution in [1.29, 1.82) is 0 Å². The predicted molar refractivity (Wildman–Crippen MR) is 251 cm³/mol. The summed E-state index contributed by atoms with van der Waals surface area (Å²) in [5.74, 6) is -2.06. The molecule has 7 rings (SSSR count). The summed E-state index contributed by atoms with van der Waals surface area (Å²) in [5, 5.41) is 36.8. The number of thiocarbonyl (C=S) groups is 1. The molecule has 0 saturated carbocycles. The van der Waals surface area contributed by atoms with E-state index >= 15 is 0 Å². The highest BCUT2D eigenvalue weighted by Gasteiger charge is 2.23. The van der Waals surface area contributed by atoms with Gasteiger partial charge in [-0.1, -0.05) is 66.7 Å². The topological polar surface area (TPSA) is 197 Å². The number of hydrogen-bond acceptors (Lipinski definition) is 10. The third-order valence-corrected chi connectivity index (χ3v) is 10.6. The Hall–Kier alpha value is -7.43. The number of carbonyl (C=O) groups is 3. The number of anilines is 2. The number of carboxylic acids is 2. The predicted octanol–water partition coefficient (Wildman–Crippen LogP) is 8.29. The number of phenols is 1. The van der Waals surface area contributed by atoms with Crippen LogP contribution in [0.1, 0.15) is 32.7 Å². The average molecular weight is 896 g/mol. The van der Waals surface area contributed by atoms with E-state index in [4.69, 9.17) is 30.8 Å². The van der Waals surface area contributed by atoms with E-state index in [1.807, 2.05) is 54.6 Å². The Labute approximate surface area is 379 Å². The van der Waals surface area contributed by atoms with Gasteiger partial charge in [0.25, 0.3) is 0 Å². The molecule has 1 amide bonds. The second-order valence-electron chi connectivity index (χ2n) is 14.7. The van der Waals surface area contributed by atoms with E-state index in [-0.39, 0.29) is 52.1 Å². The van der Waals surface area contributed by atoms with Gasteiger partial charge < -0.3 is 49.5 Å². The second-order valence-corrected chi connectivity index (χ2v) is 15.1. The lowest BCUT2D eigenvalue weighted by Crippen LogP contribution is -2.31. The minimum Gasteiger partial charge on any atom is -0.508 e. The highest BCUT2D eigenvalue weighted by atomic mass is 32.1. The number of hydrogen-bond donors (Lipinski definition) is 5. The molecule has 1 heterocycles. The van der Waals surface area contributed by atoms with Crippen LogP contribution in [0, 0.1) is 0 Å². The summed E-state index contributed by atoms with van der Waals surface area (Å²) in [4.78, 5) is 51.5. The van der Waals surface area contributed by atoms with Crippen LogP contribution in [0.4, 0.5) is 11.4 Å². The molecule has 0 atom stereocenters. The number of ether oxygens (including phenoxy) is 3. The summed E-state index contributed by atoms with van der Waals surface area (Å²) in [5.41, 5.74) is 5.18. The van der Waals surface area contributed by atoms with Gasteiger partial charge in [0.1, 0.15) is 17.1 Å². The number of rotatable bonds is 20. The van der Waals surface area contributed by atoms with Crippen LogP contribution in [-0.2, 0) is 25.5 Å². The van der Waals surface area contributed by atoms with Gasteiger partial charge in [-0.2, -0.15) is 0 Å². The largest absolute Gasteiger partial charge is 0.508 e. The lowest BCUT2D eigenvalue weighted by Gasteiger charge is -2.23. The van der Waals surface area contributed by atoms with Crippen molar-refractivity contribution in [3.63, 3.8) is 0 Å². The molecule has 14 nitrogen and oxygen atoms in total. The number of carboxylic acid groups (broad SMARTS) is 2. The number of amides is 1. The first-order valence-electron chi connectivity index (χ1n) is 20.7. The van der Waals surface area contributed by atoms with Gasteiger partial charge >= 0.3 is 11.9 Å². The molecule has 5 N–H and O–H groups in total. The molecule has 0 aromatic heterocycles. The molecule has 5 aromatic carbocycles. The van der Waals surface area contributed by atoms with E-state index in [2.05, 4.69) is 10.6 Å². The Morgan fingerprint density at radius 2 is 1.34 bits per heavy atom. The Morgan fingerprint density at radius 3 is 2.08 bits per heavy atom. The van der Waals surface area contributed by atoms with Crippen LogP contribution in [0.2, 0.25) is 0 Å². The standard InChI is InChI=1S/C50H45N3O11S/c54-36-15-18-41-44(29-36)64-45-30-37(55)16-19-42(45)47(41)39-17-14-34(28-43(39)49(59)60)52-50(65)51-21-23-62-25-27-63-26-24-61-22-20-46(56)53(35-6-2-1-3-7-35)31-32-10-12-33(13-11-32)38-8-4-5-9-40(38)48(57)58/h1-19,28-30,54H,20-27,31H2,(H,57,58)(H,59,60)(H2,51,52,65). The van der Waals surface area contributed by atoms with Crippen molar-refractivity contribution >= 4 is 57.5 Å².